The molecule has 2 aliphatic heterocycles. The lowest BCUT2D eigenvalue weighted by molar-refractivity contribution is -0.118. The van der Waals surface area contributed by atoms with Gasteiger partial charge in [0.05, 0.1) is 18.0 Å². The zero-order chi connectivity index (χ0) is 19.3. The molecule has 2 N–H and O–H groups in total. The molecule has 0 aliphatic carbocycles. The summed E-state index contributed by atoms with van der Waals surface area (Å²) in [6.07, 6.45) is 3.49. The van der Waals surface area contributed by atoms with Crippen LogP contribution in [-0.2, 0) is 11.3 Å². The Bertz CT molecular complexity index is 959. The minimum Gasteiger partial charge on any atom is -0.389 e. The van der Waals surface area contributed by atoms with E-state index >= 15 is 0 Å². The lowest BCUT2D eigenvalue weighted by atomic mass is 9.94. The zero-order valence-corrected chi connectivity index (χ0v) is 15.3. The maximum Gasteiger partial charge on any atom is 0.253 e. The van der Waals surface area contributed by atoms with Gasteiger partial charge in [0, 0.05) is 25.8 Å². The van der Waals surface area contributed by atoms with Gasteiger partial charge in [-0.3, -0.25) is 19.4 Å². The van der Waals surface area contributed by atoms with Crippen molar-refractivity contribution in [3.63, 3.8) is 0 Å². The number of carbonyl (C=O) groups excluding carboxylic acids is 1. The van der Waals surface area contributed by atoms with Crippen molar-refractivity contribution in [1.29, 1.82) is 0 Å². The highest BCUT2D eigenvalue weighted by Crippen LogP contribution is 2.35. The third-order valence-corrected chi connectivity index (χ3v) is 5.62. The van der Waals surface area contributed by atoms with Crippen LogP contribution in [0.4, 0.5) is 17.1 Å². The molecule has 3 heterocycles. The summed E-state index contributed by atoms with van der Waals surface area (Å²) in [7, 11) is 0. The SMILES string of the molecule is CCC(C)C1C(=O)Nc2cnccc2CN1c1c(N2CC(O)C2)c(=O)c1=O. The summed E-state index contributed by atoms with van der Waals surface area (Å²) in [5.74, 6) is -0.231. The quantitative estimate of drug-likeness (QED) is 0.743. The molecule has 1 fully saturated rings. The second kappa shape index (κ2) is 6.45. The second-order valence-electron chi connectivity index (χ2n) is 7.39. The van der Waals surface area contributed by atoms with Crippen molar-refractivity contribution in [2.75, 3.05) is 28.2 Å². The maximum absolute atomic E-state index is 13.0. The first kappa shape index (κ1) is 17.7. The minimum absolute atomic E-state index is 0.0218. The van der Waals surface area contributed by atoms with E-state index in [9.17, 15) is 19.5 Å². The van der Waals surface area contributed by atoms with Crippen LogP contribution in [0.5, 0.6) is 0 Å². The molecule has 27 heavy (non-hydrogen) atoms. The van der Waals surface area contributed by atoms with E-state index < -0.39 is 23.0 Å². The number of aliphatic hydroxyl groups is 1. The largest absolute Gasteiger partial charge is 0.389 e. The molecule has 0 spiro atoms. The predicted octanol–water partition coefficient (Wildman–Crippen LogP) is 0.232. The van der Waals surface area contributed by atoms with Crippen LogP contribution in [0.15, 0.2) is 28.0 Å². The number of nitrogens with one attached hydrogen (secondary N) is 1. The maximum atomic E-state index is 13.0. The topological polar surface area (TPSA) is 103 Å². The Labute approximate surface area is 156 Å². The van der Waals surface area contributed by atoms with Crippen molar-refractivity contribution in [3.8, 4) is 0 Å². The number of fused-ring (bicyclic) bond motifs is 1. The fourth-order valence-electron chi connectivity index (χ4n) is 3.88. The van der Waals surface area contributed by atoms with Gasteiger partial charge in [0.25, 0.3) is 10.9 Å². The third kappa shape index (κ3) is 2.71. The number of hydrogen-bond acceptors (Lipinski definition) is 7. The smallest absolute Gasteiger partial charge is 0.253 e. The van der Waals surface area contributed by atoms with E-state index in [0.29, 0.717) is 31.0 Å². The molecule has 1 amide bonds. The number of hydrogen-bond donors (Lipinski definition) is 2. The summed E-state index contributed by atoms with van der Waals surface area (Å²) in [5.41, 5.74) is 0.968. The average molecular weight is 370 g/mol. The lowest BCUT2D eigenvalue weighted by Gasteiger charge is -2.42. The van der Waals surface area contributed by atoms with E-state index in [1.165, 1.54) is 0 Å². The number of pyridine rings is 1. The predicted molar refractivity (Wildman–Crippen MR) is 102 cm³/mol. The van der Waals surface area contributed by atoms with E-state index in [2.05, 4.69) is 10.3 Å². The van der Waals surface area contributed by atoms with Gasteiger partial charge >= 0.3 is 0 Å². The Balaban J connectivity index is 1.81. The number of nitrogens with zero attached hydrogens (tertiary/aromatic N) is 3. The van der Waals surface area contributed by atoms with Gasteiger partial charge in [-0.25, -0.2) is 0 Å². The summed E-state index contributed by atoms with van der Waals surface area (Å²) in [5, 5.41) is 12.5. The fourth-order valence-corrected chi connectivity index (χ4v) is 3.88. The molecule has 4 rings (SSSR count). The highest BCUT2D eigenvalue weighted by molar-refractivity contribution is 5.99. The van der Waals surface area contributed by atoms with Crippen molar-refractivity contribution in [1.82, 2.24) is 4.98 Å². The molecule has 1 aromatic carbocycles. The molecule has 0 radical (unpaired) electrons. The normalized spacial score (nSPS) is 21.4. The first-order valence-electron chi connectivity index (χ1n) is 9.19. The molecule has 0 saturated carbocycles. The molecule has 2 aromatic rings. The summed E-state index contributed by atoms with van der Waals surface area (Å²) >= 11 is 0. The van der Waals surface area contributed by atoms with Gasteiger partial charge in [0.1, 0.15) is 17.4 Å². The van der Waals surface area contributed by atoms with Gasteiger partial charge < -0.3 is 20.2 Å². The number of rotatable bonds is 4. The molecular formula is C19H22N4O4. The van der Waals surface area contributed by atoms with Gasteiger partial charge in [-0.05, 0) is 17.5 Å². The minimum atomic E-state index is -0.573. The van der Waals surface area contributed by atoms with E-state index in [4.69, 9.17) is 0 Å². The lowest BCUT2D eigenvalue weighted by Crippen LogP contribution is -2.58. The summed E-state index contributed by atoms with van der Waals surface area (Å²) < 4.78 is 0. The van der Waals surface area contributed by atoms with E-state index in [1.807, 2.05) is 13.8 Å². The summed E-state index contributed by atoms with van der Waals surface area (Å²) in [6, 6.07) is 1.23. The number of anilines is 3. The second-order valence-corrected chi connectivity index (χ2v) is 7.39. The molecule has 2 aliphatic rings. The molecule has 8 heteroatoms. The Morgan fingerprint density at radius 3 is 2.63 bits per heavy atom. The number of amides is 1. The Morgan fingerprint density at radius 2 is 1.96 bits per heavy atom. The van der Waals surface area contributed by atoms with Crippen LogP contribution in [0.1, 0.15) is 25.8 Å². The number of β-amino-alcohol motifs (C(OH)–C–C–N with tert-alkyl or cyclic N) is 1. The van der Waals surface area contributed by atoms with Gasteiger partial charge in [0.2, 0.25) is 5.91 Å². The fraction of sp³-hybridized carbons (Fsp3) is 0.474. The molecule has 142 valence electrons. The van der Waals surface area contributed by atoms with E-state index in [1.54, 1.807) is 28.3 Å². The number of aromatic nitrogens is 1. The van der Waals surface area contributed by atoms with Crippen molar-refractivity contribution < 1.29 is 9.90 Å². The molecule has 2 unspecified atom stereocenters. The van der Waals surface area contributed by atoms with Gasteiger partial charge in [-0.2, -0.15) is 0 Å². The molecule has 1 saturated heterocycles. The van der Waals surface area contributed by atoms with Gasteiger partial charge in [0.15, 0.2) is 0 Å². The van der Waals surface area contributed by atoms with Crippen LogP contribution in [0.25, 0.3) is 0 Å². The van der Waals surface area contributed by atoms with E-state index in [-0.39, 0.29) is 17.5 Å². The monoisotopic (exact) mass is 370 g/mol. The van der Waals surface area contributed by atoms with Gasteiger partial charge in [-0.1, -0.05) is 20.3 Å². The Kier molecular flexibility index (Phi) is 4.22. The summed E-state index contributed by atoms with van der Waals surface area (Å²) in [6.45, 7) is 4.94. The molecule has 8 nitrogen and oxygen atoms in total. The first-order chi connectivity index (χ1) is 12.9. The molecule has 1 aromatic heterocycles. The average Bonchev–Trinajstić information content (AvgIpc) is 2.77. The van der Waals surface area contributed by atoms with Crippen molar-refractivity contribution in [2.45, 2.75) is 39.0 Å². The Hall–Kier alpha value is -2.74. The summed E-state index contributed by atoms with van der Waals surface area (Å²) in [4.78, 5) is 45.3. The highest BCUT2D eigenvalue weighted by atomic mass is 16.3. The van der Waals surface area contributed by atoms with Crippen LogP contribution < -0.4 is 26.0 Å². The van der Waals surface area contributed by atoms with Crippen LogP contribution in [0.3, 0.4) is 0 Å². The molecule has 0 bridgehead atoms. The number of carbonyl (C=O) groups is 1. The molecular weight excluding hydrogens is 348 g/mol. The highest BCUT2D eigenvalue weighted by Gasteiger charge is 2.42. The van der Waals surface area contributed by atoms with Crippen LogP contribution in [-0.4, -0.2) is 41.2 Å². The standard InChI is InChI=1S/C19H22N4O4/c1-3-10(2)14-19(27)21-13-6-20-5-4-11(13)7-23(14)16-15(17(25)18(16)26)22-8-12(24)9-22/h4-6,10,12,14,24H,3,7-9H2,1-2H3,(H,21,27). The molecule has 2 atom stereocenters. The number of aliphatic hydroxyl groups excluding tert-OH is 1. The van der Waals surface area contributed by atoms with Crippen molar-refractivity contribution in [3.05, 3.63) is 44.5 Å². The Morgan fingerprint density at radius 1 is 1.26 bits per heavy atom. The zero-order valence-electron chi connectivity index (χ0n) is 15.3. The third-order valence-electron chi connectivity index (χ3n) is 5.62. The van der Waals surface area contributed by atoms with Crippen LogP contribution in [0, 0.1) is 5.92 Å². The van der Waals surface area contributed by atoms with Gasteiger partial charge in [-0.15, -0.1) is 0 Å². The van der Waals surface area contributed by atoms with Crippen LogP contribution >= 0.6 is 0 Å². The van der Waals surface area contributed by atoms with Crippen molar-refractivity contribution >= 4 is 23.0 Å². The van der Waals surface area contributed by atoms with E-state index in [0.717, 1.165) is 12.0 Å². The van der Waals surface area contributed by atoms with Crippen molar-refractivity contribution in [2.24, 2.45) is 5.92 Å². The van der Waals surface area contributed by atoms with Crippen LogP contribution in [0.2, 0.25) is 0 Å². The first-order valence-corrected chi connectivity index (χ1v) is 9.19.